The minimum atomic E-state index is 0.245. The van der Waals surface area contributed by atoms with Crippen LogP contribution in [0.2, 0.25) is 0 Å². The van der Waals surface area contributed by atoms with E-state index >= 15 is 0 Å². The van der Waals surface area contributed by atoms with Crippen LogP contribution in [-0.4, -0.2) is 10.8 Å². The first-order chi connectivity index (χ1) is 9.34. The van der Waals surface area contributed by atoms with Crippen LogP contribution in [0.25, 0.3) is 0 Å². The van der Waals surface area contributed by atoms with Crippen molar-refractivity contribution in [3.8, 4) is 0 Å². The zero-order valence-electron chi connectivity index (χ0n) is 10.8. The van der Waals surface area contributed by atoms with E-state index < -0.39 is 0 Å². The number of hydrogen-bond donors (Lipinski definition) is 0. The van der Waals surface area contributed by atoms with Crippen LogP contribution in [0.3, 0.4) is 0 Å². The van der Waals surface area contributed by atoms with E-state index in [1.54, 1.807) is 0 Å². The Balaban J connectivity index is 1.78. The standard InChI is InChI=1S/C17H17NO/c19-17(15-4-2-1-3-5-15)12-16(13-6-7-13)14-8-10-18-11-9-14/h1-5,8-11,13,16H,6-7,12H2. The Bertz CT molecular complexity index is 546. The predicted molar refractivity (Wildman–Crippen MR) is 75.1 cm³/mol. The molecule has 1 heterocycles. The van der Waals surface area contributed by atoms with Gasteiger partial charge in [0, 0.05) is 24.4 Å². The van der Waals surface area contributed by atoms with Gasteiger partial charge in [0.2, 0.25) is 0 Å². The first-order valence-corrected chi connectivity index (χ1v) is 6.83. The average molecular weight is 251 g/mol. The highest BCUT2D eigenvalue weighted by atomic mass is 16.1. The van der Waals surface area contributed by atoms with Crippen LogP contribution >= 0.6 is 0 Å². The number of Topliss-reactive ketones (excluding diaryl/α,β-unsaturated/α-hetero) is 1. The molecule has 1 unspecified atom stereocenters. The van der Waals surface area contributed by atoms with Crippen molar-refractivity contribution in [2.75, 3.05) is 0 Å². The van der Waals surface area contributed by atoms with Crippen LogP contribution in [0.5, 0.6) is 0 Å². The van der Waals surface area contributed by atoms with E-state index in [2.05, 4.69) is 4.98 Å². The number of pyridine rings is 1. The molecule has 96 valence electrons. The van der Waals surface area contributed by atoms with Gasteiger partial charge in [-0.15, -0.1) is 0 Å². The first kappa shape index (κ1) is 12.1. The Labute approximate surface area is 113 Å². The molecule has 1 saturated carbocycles. The fourth-order valence-corrected chi connectivity index (χ4v) is 2.61. The van der Waals surface area contributed by atoms with Crippen molar-refractivity contribution in [2.24, 2.45) is 5.92 Å². The molecule has 0 spiro atoms. The molecule has 3 rings (SSSR count). The number of nitrogens with zero attached hydrogens (tertiary/aromatic N) is 1. The Morgan fingerprint density at radius 3 is 2.42 bits per heavy atom. The Morgan fingerprint density at radius 2 is 1.79 bits per heavy atom. The van der Waals surface area contributed by atoms with E-state index in [1.807, 2.05) is 54.9 Å². The summed E-state index contributed by atoms with van der Waals surface area (Å²) in [5, 5.41) is 0. The highest BCUT2D eigenvalue weighted by Crippen LogP contribution is 2.44. The maximum Gasteiger partial charge on any atom is 0.163 e. The normalized spacial score (nSPS) is 16.0. The van der Waals surface area contributed by atoms with Gasteiger partial charge in [-0.2, -0.15) is 0 Å². The Hall–Kier alpha value is -1.96. The summed E-state index contributed by atoms with van der Waals surface area (Å²) in [5.74, 6) is 1.28. The number of rotatable bonds is 5. The second-order valence-corrected chi connectivity index (χ2v) is 5.22. The van der Waals surface area contributed by atoms with E-state index in [-0.39, 0.29) is 5.78 Å². The van der Waals surface area contributed by atoms with Crippen LogP contribution in [-0.2, 0) is 0 Å². The van der Waals surface area contributed by atoms with Crippen LogP contribution in [0.1, 0.15) is 41.1 Å². The summed E-state index contributed by atoms with van der Waals surface area (Å²) in [5.41, 5.74) is 2.07. The number of carbonyl (C=O) groups excluding carboxylic acids is 1. The lowest BCUT2D eigenvalue weighted by atomic mass is 9.88. The second kappa shape index (κ2) is 5.35. The average Bonchev–Trinajstić information content (AvgIpc) is 3.31. The highest BCUT2D eigenvalue weighted by molar-refractivity contribution is 5.96. The van der Waals surface area contributed by atoms with E-state index in [1.165, 1.54) is 18.4 Å². The predicted octanol–water partition coefficient (Wildman–Crippen LogP) is 3.85. The molecule has 19 heavy (non-hydrogen) atoms. The number of aromatic nitrogens is 1. The van der Waals surface area contributed by atoms with Gasteiger partial charge in [-0.3, -0.25) is 9.78 Å². The van der Waals surface area contributed by atoms with Crippen LogP contribution < -0.4 is 0 Å². The van der Waals surface area contributed by atoms with Crippen molar-refractivity contribution in [3.05, 3.63) is 66.0 Å². The first-order valence-electron chi connectivity index (χ1n) is 6.83. The fourth-order valence-electron chi connectivity index (χ4n) is 2.61. The second-order valence-electron chi connectivity index (χ2n) is 5.22. The third-order valence-electron chi connectivity index (χ3n) is 3.83. The molecule has 2 heteroatoms. The lowest BCUT2D eigenvalue weighted by molar-refractivity contribution is 0.0970. The summed E-state index contributed by atoms with van der Waals surface area (Å²) in [6.45, 7) is 0. The van der Waals surface area contributed by atoms with Gasteiger partial charge in [-0.05, 0) is 42.4 Å². The lowest BCUT2D eigenvalue weighted by Crippen LogP contribution is -2.09. The van der Waals surface area contributed by atoms with Crippen LogP contribution in [0.15, 0.2) is 54.9 Å². The molecule has 0 radical (unpaired) electrons. The third-order valence-corrected chi connectivity index (χ3v) is 3.83. The van der Waals surface area contributed by atoms with Crippen molar-refractivity contribution in [1.29, 1.82) is 0 Å². The molecule has 0 aliphatic heterocycles. The van der Waals surface area contributed by atoms with Gasteiger partial charge in [0.1, 0.15) is 0 Å². The molecule has 1 fully saturated rings. The zero-order valence-corrected chi connectivity index (χ0v) is 10.8. The van der Waals surface area contributed by atoms with E-state index in [9.17, 15) is 4.79 Å². The van der Waals surface area contributed by atoms with Gasteiger partial charge in [-0.25, -0.2) is 0 Å². The minimum Gasteiger partial charge on any atom is -0.294 e. The van der Waals surface area contributed by atoms with E-state index in [0.29, 0.717) is 18.3 Å². The van der Waals surface area contributed by atoms with Crippen molar-refractivity contribution in [2.45, 2.75) is 25.2 Å². The molecule has 0 N–H and O–H groups in total. The van der Waals surface area contributed by atoms with Crippen LogP contribution in [0, 0.1) is 5.92 Å². The van der Waals surface area contributed by atoms with Gasteiger partial charge < -0.3 is 0 Å². The lowest BCUT2D eigenvalue weighted by Gasteiger charge is -2.15. The summed E-state index contributed by atoms with van der Waals surface area (Å²) in [6.07, 6.45) is 6.73. The van der Waals surface area contributed by atoms with E-state index in [4.69, 9.17) is 0 Å². The molecule has 0 amide bonds. The summed E-state index contributed by atoms with van der Waals surface area (Å²) in [6, 6.07) is 13.7. The Kier molecular flexibility index (Phi) is 3.41. The summed E-state index contributed by atoms with van der Waals surface area (Å²) < 4.78 is 0. The minimum absolute atomic E-state index is 0.245. The molecule has 0 saturated heterocycles. The topological polar surface area (TPSA) is 30.0 Å². The number of carbonyl (C=O) groups is 1. The quantitative estimate of drug-likeness (QED) is 0.755. The molecule has 1 aliphatic carbocycles. The monoisotopic (exact) mass is 251 g/mol. The third kappa shape index (κ3) is 2.90. The Morgan fingerprint density at radius 1 is 1.11 bits per heavy atom. The molecule has 1 atom stereocenters. The van der Waals surface area contributed by atoms with E-state index in [0.717, 1.165) is 5.56 Å². The van der Waals surface area contributed by atoms with Gasteiger partial charge in [0.05, 0.1) is 0 Å². The maximum atomic E-state index is 12.3. The molecule has 0 bridgehead atoms. The molecule has 1 aliphatic rings. The van der Waals surface area contributed by atoms with Crippen molar-refractivity contribution < 1.29 is 4.79 Å². The van der Waals surface area contributed by atoms with Gasteiger partial charge >= 0.3 is 0 Å². The maximum absolute atomic E-state index is 12.3. The number of ketones is 1. The molecule has 1 aromatic carbocycles. The molecular formula is C17H17NO. The number of benzene rings is 1. The molecule has 2 aromatic rings. The van der Waals surface area contributed by atoms with Crippen molar-refractivity contribution in [3.63, 3.8) is 0 Å². The van der Waals surface area contributed by atoms with Gasteiger partial charge in [-0.1, -0.05) is 30.3 Å². The molecule has 1 aromatic heterocycles. The highest BCUT2D eigenvalue weighted by Gasteiger charge is 2.33. The fraction of sp³-hybridized carbons (Fsp3) is 0.294. The summed E-state index contributed by atoms with van der Waals surface area (Å²) in [4.78, 5) is 16.4. The number of hydrogen-bond acceptors (Lipinski definition) is 2. The van der Waals surface area contributed by atoms with Crippen molar-refractivity contribution in [1.82, 2.24) is 4.98 Å². The van der Waals surface area contributed by atoms with Crippen LogP contribution in [0.4, 0.5) is 0 Å². The SMILES string of the molecule is O=C(CC(c1ccncc1)C1CC1)c1ccccc1. The molecule has 2 nitrogen and oxygen atoms in total. The largest absolute Gasteiger partial charge is 0.294 e. The summed E-state index contributed by atoms with van der Waals surface area (Å²) >= 11 is 0. The zero-order chi connectivity index (χ0) is 13.1. The smallest absolute Gasteiger partial charge is 0.163 e. The van der Waals surface area contributed by atoms with Gasteiger partial charge in [0.25, 0.3) is 0 Å². The van der Waals surface area contributed by atoms with Gasteiger partial charge in [0.15, 0.2) is 5.78 Å². The molecular weight excluding hydrogens is 234 g/mol. The summed E-state index contributed by atoms with van der Waals surface area (Å²) in [7, 11) is 0. The van der Waals surface area contributed by atoms with Crippen molar-refractivity contribution >= 4 is 5.78 Å².